The molecule has 0 radical (unpaired) electrons. The number of carbonyl (C=O) groups excluding carboxylic acids is 1. The molecule has 1 aliphatic rings. The summed E-state index contributed by atoms with van der Waals surface area (Å²) in [6.07, 6.45) is 2.16. The van der Waals surface area contributed by atoms with E-state index < -0.39 is 17.7 Å². The van der Waals surface area contributed by atoms with Crippen LogP contribution in [0.4, 0.5) is 8.78 Å². The minimum atomic E-state index is -0.839. The lowest BCUT2D eigenvalue weighted by molar-refractivity contribution is -0.121. The summed E-state index contributed by atoms with van der Waals surface area (Å²) in [6.45, 7) is 1.89. The summed E-state index contributed by atoms with van der Waals surface area (Å²) in [5.74, 6) is -0.878. The molecule has 1 fully saturated rings. The van der Waals surface area contributed by atoms with Gasteiger partial charge in [-0.1, -0.05) is 29.8 Å². The summed E-state index contributed by atoms with van der Waals surface area (Å²) >= 11 is 6.25. The van der Waals surface area contributed by atoms with Crippen LogP contribution in [0.5, 0.6) is 0 Å². The van der Waals surface area contributed by atoms with Gasteiger partial charge >= 0.3 is 0 Å². The second-order valence-electron chi connectivity index (χ2n) is 6.59. The number of nitrogens with one attached hydrogen (secondary N) is 2. The zero-order chi connectivity index (χ0) is 18.5. The van der Waals surface area contributed by atoms with E-state index in [2.05, 4.69) is 10.6 Å². The molecule has 0 saturated carbocycles. The van der Waals surface area contributed by atoms with E-state index in [0.29, 0.717) is 22.9 Å². The van der Waals surface area contributed by atoms with Crippen LogP contribution in [0, 0.1) is 17.6 Å². The lowest BCUT2D eigenvalue weighted by Gasteiger charge is -2.22. The fourth-order valence-corrected chi connectivity index (χ4v) is 3.54. The van der Waals surface area contributed by atoms with Crippen molar-refractivity contribution in [2.45, 2.75) is 25.3 Å². The van der Waals surface area contributed by atoms with Crippen molar-refractivity contribution in [2.24, 2.45) is 5.92 Å². The van der Waals surface area contributed by atoms with Gasteiger partial charge in [0.15, 0.2) is 0 Å². The average molecular weight is 379 g/mol. The number of rotatable bonds is 6. The van der Waals surface area contributed by atoms with Crippen LogP contribution in [0.15, 0.2) is 42.5 Å². The molecule has 2 atom stereocenters. The first-order valence-electron chi connectivity index (χ1n) is 8.74. The molecule has 2 aromatic carbocycles. The number of hydrogen-bond acceptors (Lipinski definition) is 2. The van der Waals surface area contributed by atoms with Crippen LogP contribution in [0.1, 0.15) is 36.4 Å². The predicted molar refractivity (Wildman–Crippen MR) is 98.0 cm³/mol. The molecule has 0 bridgehead atoms. The van der Waals surface area contributed by atoms with Gasteiger partial charge in [0.2, 0.25) is 5.91 Å². The van der Waals surface area contributed by atoms with Crippen LogP contribution < -0.4 is 10.6 Å². The minimum Gasteiger partial charge on any atom is -0.345 e. The minimum absolute atomic E-state index is 0.0639. The van der Waals surface area contributed by atoms with E-state index in [0.717, 1.165) is 44.1 Å². The molecule has 6 heteroatoms. The lowest BCUT2D eigenvalue weighted by atomic mass is 9.97. The topological polar surface area (TPSA) is 41.1 Å². The van der Waals surface area contributed by atoms with E-state index >= 15 is 0 Å². The second kappa shape index (κ2) is 8.60. The van der Waals surface area contributed by atoms with Crippen molar-refractivity contribution in [1.29, 1.82) is 0 Å². The molecule has 0 aliphatic carbocycles. The van der Waals surface area contributed by atoms with Gasteiger partial charge in [-0.2, -0.15) is 0 Å². The Morgan fingerprint density at radius 1 is 1.23 bits per heavy atom. The van der Waals surface area contributed by atoms with E-state index in [4.69, 9.17) is 11.6 Å². The van der Waals surface area contributed by atoms with E-state index in [1.807, 2.05) is 0 Å². The molecule has 3 nitrogen and oxygen atoms in total. The number of carbonyl (C=O) groups is 1. The third-order valence-corrected chi connectivity index (χ3v) is 5.08. The van der Waals surface area contributed by atoms with Crippen LogP contribution in [0.2, 0.25) is 5.02 Å². The summed E-state index contributed by atoms with van der Waals surface area (Å²) in [6, 6.07) is 9.25. The molecule has 1 amide bonds. The van der Waals surface area contributed by atoms with Crippen molar-refractivity contribution in [3.8, 4) is 0 Å². The van der Waals surface area contributed by atoms with E-state index in [1.54, 1.807) is 24.3 Å². The van der Waals surface area contributed by atoms with Crippen molar-refractivity contribution in [3.63, 3.8) is 0 Å². The Morgan fingerprint density at radius 2 is 2.04 bits per heavy atom. The molecule has 26 heavy (non-hydrogen) atoms. The van der Waals surface area contributed by atoms with Gasteiger partial charge in [0.05, 0.1) is 6.04 Å². The van der Waals surface area contributed by atoms with Gasteiger partial charge in [-0.15, -0.1) is 0 Å². The normalized spacial score (nSPS) is 17.9. The molecular formula is C20H21ClF2N2O. The van der Waals surface area contributed by atoms with E-state index in [9.17, 15) is 13.6 Å². The molecule has 2 N–H and O–H groups in total. The molecule has 0 spiro atoms. The summed E-state index contributed by atoms with van der Waals surface area (Å²) in [5.41, 5.74) is 0.600. The van der Waals surface area contributed by atoms with Crippen molar-refractivity contribution in [3.05, 3.63) is 70.2 Å². The molecule has 2 aromatic rings. The Bertz CT molecular complexity index is 778. The maximum Gasteiger partial charge on any atom is 0.220 e. The predicted octanol–water partition coefficient (Wildman–Crippen LogP) is 4.21. The quantitative estimate of drug-likeness (QED) is 0.790. The summed E-state index contributed by atoms with van der Waals surface area (Å²) < 4.78 is 28.0. The monoisotopic (exact) mass is 378 g/mol. The lowest BCUT2D eigenvalue weighted by Crippen LogP contribution is -2.30. The number of amides is 1. The molecule has 1 heterocycles. The Hall–Kier alpha value is -1.98. The van der Waals surface area contributed by atoms with Crippen molar-refractivity contribution < 1.29 is 13.6 Å². The molecule has 138 valence electrons. The zero-order valence-electron chi connectivity index (χ0n) is 14.3. The molecule has 2 unspecified atom stereocenters. The second-order valence-corrected chi connectivity index (χ2v) is 6.99. The fourth-order valence-electron chi connectivity index (χ4n) is 3.30. The van der Waals surface area contributed by atoms with Gasteiger partial charge in [-0.3, -0.25) is 4.79 Å². The number of benzene rings is 2. The third-order valence-electron chi connectivity index (χ3n) is 4.73. The summed E-state index contributed by atoms with van der Waals surface area (Å²) in [5, 5.41) is 6.49. The van der Waals surface area contributed by atoms with Crippen LogP contribution in [-0.2, 0) is 4.79 Å². The highest BCUT2D eigenvalue weighted by Crippen LogP contribution is 2.30. The fraction of sp³-hybridized carbons (Fsp3) is 0.350. The van der Waals surface area contributed by atoms with Crippen LogP contribution in [-0.4, -0.2) is 19.0 Å². The van der Waals surface area contributed by atoms with Crippen molar-refractivity contribution in [2.75, 3.05) is 13.1 Å². The smallest absolute Gasteiger partial charge is 0.220 e. The van der Waals surface area contributed by atoms with Gasteiger partial charge < -0.3 is 10.6 Å². The maximum absolute atomic E-state index is 14.3. The Morgan fingerprint density at radius 3 is 2.77 bits per heavy atom. The van der Waals surface area contributed by atoms with Gasteiger partial charge in [-0.25, -0.2) is 8.78 Å². The largest absolute Gasteiger partial charge is 0.345 e. The first-order chi connectivity index (χ1) is 12.5. The van der Waals surface area contributed by atoms with Crippen LogP contribution in [0.3, 0.4) is 0 Å². The highest BCUT2D eigenvalue weighted by molar-refractivity contribution is 6.31. The highest BCUT2D eigenvalue weighted by Gasteiger charge is 2.24. The third kappa shape index (κ3) is 4.59. The molecule has 0 aromatic heterocycles. The summed E-state index contributed by atoms with van der Waals surface area (Å²) in [7, 11) is 0. The van der Waals surface area contributed by atoms with Gasteiger partial charge in [0, 0.05) is 17.0 Å². The van der Waals surface area contributed by atoms with Gasteiger partial charge in [-0.05, 0) is 61.7 Å². The first kappa shape index (κ1) is 18.8. The average Bonchev–Trinajstić information content (AvgIpc) is 3.14. The first-order valence-corrected chi connectivity index (χ1v) is 9.12. The molecule has 1 saturated heterocycles. The molecular weight excluding hydrogens is 358 g/mol. The van der Waals surface area contributed by atoms with Crippen LogP contribution in [0.25, 0.3) is 0 Å². The van der Waals surface area contributed by atoms with E-state index in [1.165, 1.54) is 0 Å². The molecule has 3 rings (SSSR count). The zero-order valence-corrected chi connectivity index (χ0v) is 15.0. The number of hydrogen-bond donors (Lipinski definition) is 2. The maximum atomic E-state index is 14.3. The van der Waals surface area contributed by atoms with Crippen molar-refractivity contribution >= 4 is 17.5 Å². The Balaban J connectivity index is 1.82. The number of halogens is 3. The Labute approximate surface area is 156 Å². The standard InChI is InChI=1S/C20H21ClF2N2O/c21-17-4-2-1-3-15(17)20(16-11-14(22)6-7-18(16)23)25-19(26)8-5-13-9-10-24-12-13/h1-4,6-7,11,13,20,24H,5,8-10,12H2,(H,25,26). The summed E-state index contributed by atoms with van der Waals surface area (Å²) in [4.78, 5) is 12.5. The van der Waals surface area contributed by atoms with Crippen molar-refractivity contribution in [1.82, 2.24) is 10.6 Å². The van der Waals surface area contributed by atoms with Gasteiger partial charge in [0.1, 0.15) is 11.6 Å². The highest BCUT2D eigenvalue weighted by atomic mass is 35.5. The van der Waals surface area contributed by atoms with Crippen LogP contribution >= 0.6 is 11.6 Å². The van der Waals surface area contributed by atoms with Gasteiger partial charge in [0.25, 0.3) is 0 Å². The van der Waals surface area contributed by atoms with E-state index in [-0.39, 0.29) is 11.5 Å². The SMILES string of the molecule is O=C(CCC1CCNC1)NC(c1cc(F)ccc1F)c1ccccc1Cl. The Kier molecular flexibility index (Phi) is 6.22. The molecule has 1 aliphatic heterocycles.